The fraction of sp³-hybridized carbons (Fsp3) is 0.348. The van der Waals surface area contributed by atoms with Crippen LogP contribution < -0.4 is 5.32 Å². The van der Waals surface area contributed by atoms with Crippen LogP contribution in [0.1, 0.15) is 24.0 Å². The van der Waals surface area contributed by atoms with Crippen LogP contribution in [0.25, 0.3) is 6.08 Å². The van der Waals surface area contributed by atoms with Gasteiger partial charge in [0.2, 0.25) is 5.91 Å². The van der Waals surface area contributed by atoms with E-state index in [1.807, 2.05) is 42.5 Å². The van der Waals surface area contributed by atoms with Crippen molar-refractivity contribution < 1.29 is 14.0 Å². The van der Waals surface area contributed by atoms with Gasteiger partial charge in [0.05, 0.1) is 33.4 Å². The van der Waals surface area contributed by atoms with Gasteiger partial charge in [-0.05, 0) is 35.9 Å². The van der Waals surface area contributed by atoms with Gasteiger partial charge in [-0.1, -0.05) is 40.2 Å². The number of hydrogen-bond acceptors (Lipinski definition) is 2. The number of anilines is 1. The minimum Gasteiger partial charge on any atom is -0.381 e. The van der Waals surface area contributed by atoms with Crippen LogP contribution in [0.15, 0.2) is 59.1 Å². The topological polar surface area (TPSA) is 38.3 Å². The number of carbonyl (C=O) groups is 1. The number of nitrogens with zero attached hydrogens (tertiary/aromatic N) is 1. The molecule has 0 spiro atoms. The van der Waals surface area contributed by atoms with Crippen molar-refractivity contribution in [1.29, 1.82) is 0 Å². The van der Waals surface area contributed by atoms with E-state index < -0.39 is 0 Å². The molecule has 1 fully saturated rings. The molecule has 0 unspecified atom stereocenters. The molecule has 148 valence electrons. The number of ether oxygens (including phenoxy) is 1. The highest BCUT2D eigenvalue weighted by molar-refractivity contribution is 9.10. The first kappa shape index (κ1) is 20.8. The van der Waals surface area contributed by atoms with Crippen LogP contribution in [0, 0.1) is 0 Å². The quantitative estimate of drug-likeness (QED) is 0.511. The fourth-order valence-electron chi connectivity index (χ4n) is 3.64. The number of halogens is 1. The Morgan fingerprint density at radius 2 is 1.89 bits per heavy atom. The number of rotatable bonds is 6. The second-order valence-electron chi connectivity index (χ2n) is 7.85. The van der Waals surface area contributed by atoms with Crippen LogP contribution in [0.4, 0.5) is 5.69 Å². The van der Waals surface area contributed by atoms with Crippen LogP contribution in [-0.2, 0) is 16.1 Å². The van der Waals surface area contributed by atoms with Crippen molar-refractivity contribution in [3.8, 4) is 0 Å². The highest BCUT2D eigenvalue weighted by Gasteiger charge is 2.30. The minimum atomic E-state index is -0.133. The van der Waals surface area contributed by atoms with Crippen molar-refractivity contribution in [3.05, 3.63) is 70.2 Å². The normalized spacial score (nSPS) is 15.7. The zero-order valence-corrected chi connectivity index (χ0v) is 18.1. The van der Waals surface area contributed by atoms with Crippen LogP contribution in [0.2, 0.25) is 0 Å². The second-order valence-corrected chi connectivity index (χ2v) is 8.77. The maximum absolute atomic E-state index is 12.2. The SMILES string of the molecule is C[N+](C)(Cc1ccc(NC(=O)C=Cc2cccc(Br)c2)cc1)C1CCOCC1. The molecule has 0 radical (unpaired) electrons. The van der Waals surface area contributed by atoms with Crippen molar-refractivity contribution in [2.75, 3.05) is 32.6 Å². The Morgan fingerprint density at radius 3 is 2.57 bits per heavy atom. The summed E-state index contributed by atoms with van der Waals surface area (Å²) in [5.41, 5.74) is 3.07. The molecule has 2 aromatic carbocycles. The number of benzene rings is 2. The summed E-state index contributed by atoms with van der Waals surface area (Å²) in [4.78, 5) is 12.2. The highest BCUT2D eigenvalue weighted by atomic mass is 79.9. The van der Waals surface area contributed by atoms with Crippen molar-refractivity contribution in [1.82, 2.24) is 0 Å². The third-order valence-electron chi connectivity index (χ3n) is 5.27. The van der Waals surface area contributed by atoms with Crippen molar-refractivity contribution >= 4 is 33.6 Å². The number of nitrogens with one attached hydrogen (secondary N) is 1. The Morgan fingerprint density at radius 1 is 1.18 bits per heavy atom. The number of hydrogen-bond donors (Lipinski definition) is 1. The Labute approximate surface area is 175 Å². The molecule has 0 aliphatic carbocycles. The molecule has 1 N–H and O–H groups in total. The summed E-state index contributed by atoms with van der Waals surface area (Å²) in [5, 5.41) is 2.92. The number of carbonyl (C=O) groups excluding carboxylic acids is 1. The van der Waals surface area contributed by atoms with Crippen molar-refractivity contribution in [3.63, 3.8) is 0 Å². The molecule has 2 aromatic rings. The average molecular weight is 444 g/mol. The van der Waals surface area contributed by atoms with Gasteiger partial charge in [0.1, 0.15) is 6.54 Å². The Balaban J connectivity index is 1.55. The lowest BCUT2D eigenvalue weighted by atomic mass is 10.0. The molecular formula is C23H28BrN2O2+. The zero-order chi connectivity index (χ0) is 20.0. The van der Waals surface area contributed by atoms with Crippen LogP contribution in [-0.4, -0.2) is 43.7 Å². The smallest absolute Gasteiger partial charge is 0.248 e. The van der Waals surface area contributed by atoms with E-state index >= 15 is 0 Å². The maximum Gasteiger partial charge on any atom is 0.248 e. The standard InChI is InChI=1S/C23H27BrN2O2/c1-26(2,22-12-14-28-15-13-22)17-19-6-9-21(10-7-19)25-23(27)11-8-18-4-3-5-20(24)16-18/h3-11,16,22H,12-15,17H2,1-2H3/p+1. The molecular weight excluding hydrogens is 416 g/mol. The molecule has 1 heterocycles. The van der Waals surface area contributed by atoms with Gasteiger partial charge in [0.25, 0.3) is 0 Å². The Bertz CT molecular complexity index is 825. The lowest BCUT2D eigenvalue weighted by Crippen LogP contribution is -2.50. The fourth-order valence-corrected chi connectivity index (χ4v) is 4.06. The van der Waals surface area contributed by atoms with Gasteiger partial charge < -0.3 is 14.5 Å². The van der Waals surface area contributed by atoms with Gasteiger partial charge >= 0.3 is 0 Å². The molecule has 1 aliphatic rings. The van der Waals surface area contributed by atoms with E-state index in [1.165, 1.54) is 5.56 Å². The molecule has 3 rings (SSSR count). The molecule has 0 saturated carbocycles. The predicted molar refractivity (Wildman–Crippen MR) is 118 cm³/mol. The lowest BCUT2D eigenvalue weighted by molar-refractivity contribution is -0.929. The van der Waals surface area contributed by atoms with E-state index in [9.17, 15) is 4.79 Å². The van der Waals surface area contributed by atoms with E-state index in [2.05, 4.69) is 47.5 Å². The van der Waals surface area contributed by atoms with E-state index in [0.717, 1.165) is 52.8 Å². The summed E-state index contributed by atoms with van der Waals surface area (Å²) in [6, 6.07) is 16.6. The van der Waals surface area contributed by atoms with Gasteiger partial charge in [-0.3, -0.25) is 4.79 Å². The average Bonchev–Trinajstić information content (AvgIpc) is 2.68. The summed E-state index contributed by atoms with van der Waals surface area (Å²) in [6.07, 6.45) is 5.60. The van der Waals surface area contributed by atoms with Gasteiger partial charge in [-0.25, -0.2) is 0 Å². The molecule has 1 amide bonds. The van der Waals surface area contributed by atoms with Gasteiger partial charge in [0.15, 0.2) is 0 Å². The molecule has 1 aliphatic heterocycles. The van der Waals surface area contributed by atoms with Crippen molar-refractivity contribution in [2.45, 2.75) is 25.4 Å². The largest absolute Gasteiger partial charge is 0.381 e. The molecule has 5 heteroatoms. The van der Waals surface area contributed by atoms with Crippen LogP contribution in [0.5, 0.6) is 0 Å². The first-order chi connectivity index (χ1) is 13.4. The molecule has 0 atom stereocenters. The lowest BCUT2D eigenvalue weighted by Gasteiger charge is -2.40. The Kier molecular flexibility index (Phi) is 7.05. The maximum atomic E-state index is 12.2. The third kappa shape index (κ3) is 6.03. The Hall–Kier alpha value is -1.95. The summed E-state index contributed by atoms with van der Waals surface area (Å²) in [5.74, 6) is -0.133. The monoisotopic (exact) mass is 443 g/mol. The van der Waals surface area contributed by atoms with E-state index in [-0.39, 0.29) is 5.91 Å². The van der Waals surface area contributed by atoms with Crippen molar-refractivity contribution in [2.24, 2.45) is 0 Å². The molecule has 0 bridgehead atoms. The molecule has 1 saturated heterocycles. The second kappa shape index (κ2) is 9.50. The van der Waals surface area contributed by atoms with Gasteiger partial charge in [-0.2, -0.15) is 0 Å². The summed E-state index contributed by atoms with van der Waals surface area (Å²) in [6.45, 7) is 2.71. The zero-order valence-electron chi connectivity index (χ0n) is 16.5. The first-order valence-corrected chi connectivity index (χ1v) is 10.5. The van der Waals surface area contributed by atoms with E-state index in [1.54, 1.807) is 6.08 Å². The molecule has 28 heavy (non-hydrogen) atoms. The summed E-state index contributed by atoms with van der Waals surface area (Å²) in [7, 11) is 4.58. The predicted octanol–water partition coefficient (Wildman–Crippen LogP) is 4.86. The number of quaternary nitrogens is 1. The van der Waals surface area contributed by atoms with Crippen LogP contribution >= 0.6 is 15.9 Å². The highest BCUT2D eigenvalue weighted by Crippen LogP contribution is 2.23. The summed E-state index contributed by atoms with van der Waals surface area (Å²) >= 11 is 3.43. The first-order valence-electron chi connectivity index (χ1n) is 9.66. The van der Waals surface area contributed by atoms with Gasteiger partial charge in [-0.15, -0.1) is 0 Å². The third-order valence-corrected chi connectivity index (χ3v) is 5.76. The van der Waals surface area contributed by atoms with E-state index in [0.29, 0.717) is 6.04 Å². The minimum absolute atomic E-state index is 0.133. The number of amides is 1. The molecule has 0 aromatic heterocycles. The van der Waals surface area contributed by atoms with Gasteiger partial charge in [0, 0.05) is 34.6 Å². The molecule has 4 nitrogen and oxygen atoms in total. The van der Waals surface area contributed by atoms with E-state index in [4.69, 9.17) is 4.74 Å². The van der Waals surface area contributed by atoms with Crippen LogP contribution in [0.3, 0.4) is 0 Å². The summed E-state index contributed by atoms with van der Waals surface area (Å²) < 4.78 is 7.45.